The van der Waals surface area contributed by atoms with Gasteiger partial charge in [-0.15, -0.1) is 0 Å². The first-order chi connectivity index (χ1) is 15.5. The number of rotatable bonds is 7. The molecule has 0 aliphatic rings. The third-order valence-corrected chi connectivity index (χ3v) is 7.07. The maximum absolute atomic E-state index is 13.5. The van der Waals surface area contributed by atoms with Crippen LogP contribution >= 0.6 is 11.6 Å². The van der Waals surface area contributed by atoms with Crippen LogP contribution in [0.2, 0.25) is 5.02 Å². The molecule has 1 atom stereocenters. The van der Waals surface area contributed by atoms with E-state index in [-0.39, 0.29) is 16.5 Å². The van der Waals surface area contributed by atoms with Crippen molar-refractivity contribution in [1.29, 1.82) is 0 Å². The van der Waals surface area contributed by atoms with Crippen molar-refractivity contribution < 1.29 is 26.4 Å². The summed E-state index contributed by atoms with van der Waals surface area (Å²) < 4.78 is 67.7. The highest BCUT2D eigenvalue weighted by atomic mass is 35.5. The molecular formula is C23H20ClF3N2O3S. The number of carbonyl (C=O) groups excluding carboxylic acids is 1. The fourth-order valence-electron chi connectivity index (χ4n) is 3.15. The lowest BCUT2D eigenvalue weighted by Gasteiger charge is -2.31. The van der Waals surface area contributed by atoms with Crippen molar-refractivity contribution in [3.63, 3.8) is 0 Å². The summed E-state index contributed by atoms with van der Waals surface area (Å²) in [4.78, 5) is 12.7. The van der Waals surface area contributed by atoms with Crippen molar-refractivity contribution in [2.75, 3.05) is 4.31 Å². The molecule has 174 valence electrons. The Morgan fingerprint density at radius 2 is 1.58 bits per heavy atom. The Labute approximate surface area is 194 Å². The number of hydrogen-bond donors (Lipinski definition) is 1. The molecule has 0 aliphatic carbocycles. The molecule has 0 aliphatic heterocycles. The monoisotopic (exact) mass is 496 g/mol. The third-order valence-electron chi connectivity index (χ3n) is 4.85. The average molecular weight is 497 g/mol. The third kappa shape index (κ3) is 5.66. The van der Waals surface area contributed by atoms with E-state index in [4.69, 9.17) is 11.6 Å². The topological polar surface area (TPSA) is 66.5 Å². The maximum atomic E-state index is 13.5. The number of halogens is 4. The van der Waals surface area contributed by atoms with Crippen LogP contribution in [0.1, 0.15) is 18.1 Å². The van der Waals surface area contributed by atoms with Crippen LogP contribution in [-0.4, -0.2) is 20.4 Å². The summed E-state index contributed by atoms with van der Waals surface area (Å²) in [5.41, 5.74) is -0.766. The van der Waals surface area contributed by atoms with Crippen LogP contribution in [-0.2, 0) is 27.5 Å². The van der Waals surface area contributed by atoms with E-state index in [1.165, 1.54) is 31.2 Å². The summed E-state index contributed by atoms with van der Waals surface area (Å²) >= 11 is 6.15. The fourth-order valence-corrected chi connectivity index (χ4v) is 5.06. The second-order valence-electron chi connectivity index (χ2n) is 7.16. The summed E-state index contributed by atoms with van der Waals surface area (Å²) in [6, 6.07) is 17.0. The highest BCUT2D eigenvalue weighted by Gasteiger charge is 2.37. The van der Waals surface area contributed by atoms with Gasteiger partial charge in [0.25, 0.3) is 10.0 Å². The largest absolute Gasteiger partial charge is 0.416 e. The Bertz CT molecular complexity index is 1220. The lowest BCUT2D eigenvalue weighted by atomic mass is 10.1. The highest BCUT2D eigenvalue weighted by molar-refractivity contribution is 7.93. The zero-order chi connectivity index (χ0) is 24.2. The van der Waals surface area contributed by atoms with Crippen LogP contribution in [0.5, 0.6) is 0 Å². The van der Waals surface area contributed by atoms with Crippen LogP contribution in [0, 0.1) is 0 Å². The van der Waals surface area contributed by atoms with Crippen molar-refractivity contribution >= 4 is 33.2 Å². The van der Waals surface area contributed by atoms with E-state index >= 15 is 0 Å². The summed E-state index contributed by atoms with van der Waals surface area (Å²) in [6.07, 6.45) is -4.74. The van der Waals surface area contributed by atoms with Crippen LogP contribution < -0.4 is 9.62 Å². The molecule has 10 heteroatoms. The normalized spacial score (nSPS) is 12.8. The summed E-state index contributed by atoms with van der Waals surface area (Å²) in [5, 5.41) is 2.38. The summed E-state index contributed by atoms with van der Waals surface area (Å²) in [6.45, 7) is 1.40. The molecule has 3 rings (SSSR count). The molecule has 3 aromatic rings. The minimum atomic E-state index is -4.74. The molecule has 33 heavy (non-hydrogen) atoms. The molecular weight excluding hydrogens is 477 g/mol. The van der Waals surface area contributed by atoms with Gasteiger partial charge in [-0.05, 0) is 42.8 Å². The van der Waals surface area contributed by atoms with Gasteiger partial charge in [-0.25, -0.2) is 8.42 Å². The standard InChI is InChI=1S/C23H20ClF3N2O3S/c1-16(22(30)28-15-17-8-4-2-5-9-17)29(33(31,32)19-10-6-3-7-11-19)21-14-18(23(25,26)27)12-13-20(21)24/h2-14,16H,15H2,1H3,(H,28,30). The number of hydrogen-bond acceptors (Lipinski definition) is 3. The minimum absolute atomic E-state index is 0.111. The van der Waals surface area contributed by atoms with Gasteiger partial charge in [-0.2, -0.15) is 13.2 Å². The van der Waals surface area contributed by atoms with Crippen LogP contribution in [0.25, 0.3) is 0 Å². The van der Waals surface area contributed by atoms with E-state index in [1.54, 1.807) is 36.4 Å². The lowest BCUT2D eigenvalue weighted by molar-refractivity contribution is -0.137. The van der Waals surface area contributed by atoms with Crippen molar-refractivity contribution in [3.05, 3.63) is 95.0 Å². The average Bonchev–Trinajstić information content (AvgIpc) is 2.79. The molecule has 1 N–H and O–H groups in total. The number of anilines is 1. The van der Waals surface area contributed by atoms with E-state index in [9.17, 15) is 26.4 Å². The predicted molar refractivity (Wildman–Crippen MR) is 120 cm³/mol. The number of sulfonamides is 1. The summed E-state index contributed by atoms with van der Waals surface area (Å²) in [7, 11) is -4.45. The highest BCUT2D eigenvalue weighted by Crippen LogP contribution is 2.38. The molecule has 1 unspecified atom stereocenters. The smallest absolute Gasteiger partial charge is 0.350 e. The van der Waals surface area contributed by atoms with Gasteiger partial charge in [0.15, 0.2) is 0 Å². The maximum Gasteiger partial charge on any atom is 0.416 e. The zero-order valence-electron chi connectivity index (χ0n) is 17.4. The predicted octanol–water partition coefficient (Wildman–Crippen LogP) is 5.26. The van der Waals surface area contributed by atoms with E-state index < -0.39 is 39.4 Å². The van der Waals surface area contributed by atoms with Crippen molar-refractivity contribution in [1.82, 2.24) is 5.32 Å². The van der Waals surface area contributed by atoms with Gasteiger partial charge in [0.2, 0.25) is 5.91 Å². The Kier molecular flexibility index (Phi) is 7.34. The minimum Gasteiger partial charge on any atom is -0.350 e. The van der Waals surface area contributed by atoms with Crippen molar-refractivity contribution in [2.45, 2.75) is 30.6 Å². The first-order valence-electron chi connectivity index (χ1n) is 9.79. The molecule has 1 amide bonds. The summed E-state index contributed by atoms with van der Waals surface area (Å²) in [5.74, 6) is -0.702. The first kappa shape index (κ1) is 24.6. The zero-order valence-corrected chi connectivity index (χ0v) is 19.0. The van der Waals surface area contributed by atoms with E-state index in [1.807, 2.05) is 0 Å². The molecule has 0 spiro atoms. The van der Waals surface area contributed by atoms with Crippen LogP contribution in [0.3, 0.4) is 0 Å². The Morgan fingerprint density at radius 3 is 2.15 bits per heavy atom. The second kappa shape index (κ2) is 9.84. The van der Waals surface area contributed by atoms with E-state index in [2.05, 4.69) is 5.32 Å². The van der Waals surface area contributed by atoms with Gasteiger partial charge < -0.3 is 5.32 Å². The van der Waals surface area contributed by atoms with Crippen LogP contribution in [0.15, 0.2) is 83.8 Å². The lowest BCUT2D eigenvalue weighted by Crippen LogP contribution is -2.48. The molecule has 0 bridgehead atoms. The molecule has 0 fully saturated rings. The molecule has 0 radical (unpaired) electrons. The van der Waals surface area contributed by atoms with Crippen LogP contribution in [0.4, 0.5) is 18.9 Å². The van der Waals surface area contributed by atoms with Gasteiger partial charge in [0, 0.05) is 6.54 Å². The molecule has 0 heterocycles. The molecule has 3 aromatic carbocycles. The Hall–Kier alpha value is -3.04. The Balaban J connectivity index is 2.05. The second-order valence-corrected chi connectivity index (χ2v) is 9.38. The van der Waals surface area contributed by atoms with Crippen molar-refractivity contribution in [3.8, 4) is 0 Å². The quantitative estimate of drug-likeness (QED) is 0.485. The number of nitrogens with one attached hydrogen (secondary N) is 1. The van der Waals surface area contributed by atoms with Gasteiger partial charge in [-0.1, -0.05) is 60.1 Å². The SMILES string of the molecule is CC(C(=O)NCc1ccccc1)N(c1cc(C(F)(F)F)ccc1Cl)S(=O)(=O)c1ccccc1. The van der Waals surface area contributed by atoms with Gasteiger partial charge >= 0.3 is 6.18 Å². The van der Waals surface area contributed by atoms with Crippen molar-refractivity contribution in [2.24, 2.45) is 0 Å². The Morgan fingerprint density at radius 1 is 1.00 bits per heavy atom. The van der Waals surface area contributed by atoms with E-state index in [0.29, 0.717) is 10.4 Å². The van der Waals surface area contributed by atoms with E-state index in [0.717, 1.165) is 17.7 Å². The molecule has 5 nitrogen and oxygen atoms in total. The van der Waals surface area contributed by atoms with Gasteiger partial charge in [0.05, 0.1) is 21.2 Å². The van der Waals surface area contributed by atoms with Gasteiger partial charge in [-0.3, -0.25) is 9.10 Å². The van der Waals surface area contributed by atoms with Gasteiger partial charge in [0.1, 0.15) is 6.04 Å². The number of alkyl halides is 3. The number of nitrogens with zero attached hydrogens (tertiary/aromatic N) is 1. The number of benzene rings is 3. The number of amides is 1. The fraction of sp³-hybridized carbons (Fsp3) is 0.174. The number of carbonyl (C=O) groups is 1. The molecule has 0 aromatic heterocycles. The first-order valence-corrected chi connectivity index (χ1v) is 11.6. The molecule has 0 saturated carbocycles. The molecule has 0 saturated heterocycles.